The minimum absolute atomic E-state index is 0.0954. The fourth-order valence-corrected chi connectivity index (χ4v) is 2.49. The van der Waals surface area contributed by atoms with E-state index in [-0.39, 0.29) is 24.2 Å². The van der Waals surface area contributed by atoms with Crippen molar-refractivity contribution in [3.05, 3.63) is 24.3 Å². The highest BCUT2D eigenvalue weighted by Crippen LogP contribution is 2.28. The van der Waals surface area contributed by atoms with E-state index in [0.29, 0.717) is 22.8 Å². The van der Waals surface area contributed by atoms with Crippen LogP contribution in [-0.2, 0) is 11.3 Å². The molecule has 21 heavy (non-hydrogen) atoms. The van der Waals surface area contributed by atoms with Crippen LogP contribution in [0, 0.1) is 0 Å². The number of aliphatic hydroxyl groups excluding tert-OH is 1. The quantitative estimate of drug-likeness (QED) is 0.798. The van der Waals surface area contributed by atoms with Crippen LogP contribution in [0.5, 0.6) is 0 Å². The normalized spacial score (nSPS) is 12.8. The second-order valence-electron chi connectivity index (χ2n) is 4.50. The predicted molar refractivity (Wildman–Crippen MR) is 76.3 cm³/mol. The molecular weight excluding hydrogens is 300 g/mol. The van der Waals surface area contributed by atoms with Gasteiger partial charge in [-0.3, -0.25) is 4.79 Å². The van der Waals surface area contributed by atoms with E-state index in [1.807, 2.05) is 0 Å². The van der Waals surface area contributed by atoms with E-state index in [2.05, 4.69) is 10.3 Å². The molecule has 0 aliphatic heterocycles. The predicted octanol–water partition coefficient (Wildman–Crippen LogP) is 1.85. The molecule has 1 amide bonds. The van der Waals surface area contributed by atoms with Gasteiger partial charge in [0.2, 0.25) is 5.91 Å². The van der Waals surface area contributed by atoms with Crippen LogP contribution in [0.1, 0.15) is 6.92 Å². The summed E-state index contributed by atoms with van der Waals surface area (Å²) < 4.78 is 26.7. The first-order chi connectivity index (χ1) is 10.0. The van der Waals surface area contributed by atoms with Gasteiger partial charge < -0.3 is 15.0 Å². The van der Waals surface area contributed by atoms with E-state index in [4.69, 9.17) is 5.11 Å². The van der Waals surface area contributed by atoms with Gasteiger partial charge in [-0.25, -0.2) is 4.98 Å². The summed E-state index contributed by atoms with van der Waals surface area (Å²) in [6.45, 7) is 1.34. The van der Waals surface area contributed by atoms with Crippen molar-refractivity contribution in [3.8, 4) is 0 Å². The average molecular weight is 315 g/mol. The minimum Gasteiger partial charge on any atom is -0.394 e. The highest BCUT2D eigenvalue weighted by atomic mass is 32.2. The van der Waals surface area contributed by atoms with Crippen molar-refractivity contribution in [1.29, 1.82) is 0 Å². The van der Waals surface area contributed by atoms with Crippen LogP contribution in [0.25, 0.3) is 11.0 Å². The van der Waals surface area contributed by atoms with Crippen LogP contribution in [0.2, 0.25) is 0 Å². The highest BCUT2D eigenvalue weighted by Gasteiger charge is 2.18. The Morgan fingerprint density at radius 1 is 1.48 bits per heavy atom. The summed E-state index contributed by atoms with van der Waals surface area (Å²) in [6.07, 6.45) is 0. The number of alkyl halides is 2. The summed E-state index contributed by atoms with van der Waals surface area (Å²) in [5.74, 6) is -2.98. The van der Waals surface area contributed by atoms with Crippen molar-refractivity contribution in [3.63, 3.8) is 0 Å². The lowest BCUT2D eigenvalue weighted by molar-refractivity contribution is -0.122. The van der Waals surface area contributed by atoms with Crippen LogP contribution in [-0.4, -0.2) is 39.0 Å². The number of rotatable bonds is 6. The maximum absolute atomic E-state index is 12.6. The molecule has 114 valence electrons. The summed E-state index contributed by atoms with van der Waals surface area (Å²) in [5.41, 5.74) is 1.18. The van der Waals surface area contributed by atoms with E-state index < -0.39 is 11.8 Å². The smallest absolute Gasteiger partial charge is 0.291 e. The van der Waals surface area contributed by atoms with Gasteiger partial charge in [0.05, 0.1) is 17.6 Å². The number of hydrogen-bond donors (Lipinski definition) is 2. The van der Waals surface area contributed by atoms with E-state index in [1.165, 1.54) is 4.57 Å². The maximum atomic E-state index is 12.6. The maximum Gasteiger partial charge on any atom is 0.291 e. The summed E-state index contributed by atoms with van der Waals surface area (Å²) in [5, 5.41) is 11.6. The first kappa shape index (κ1) is 15.7. The number of para-hydroxylation sites is 2. The van der Waals surface area contributed by atoms with Crippen molar-refractivity contribution in [2.75, 3.05) is 6.61 Å². The molecule has 0 saturated carbocycles. The number of nitrogens with one attached hydrogen (secondary N) is 1. The average Bonchev–Trinajstić information content (AvgIpc) is 2.76. The number of halogens is 2. The molecule has 5 nitrogen and oxygen atoms in total. The number of carbonyl (C=O) groups excluding carboxylic acids is 1. The number of hydrogen-bond acceptors (Lipinski definition) is 4. The van der Waals surface area contributed by atoms with Gasteiger partial charge in [-0.2, -0.15) is 8.78 Å². The van der Waals surface area contributed by atoms with E-state index in [9.17, 15) is 13.6 Å². The Balaban J connectivity index is 2.29. The number of fused-ring (bicyclic) bond motifs is 1. The summed E-state index contributed by atoms with van der Waals surface area (Å²) in [6, 6.07) is 6.55. The Hall–Kier alpha value is -1.67. The minimum atomic E-state index is -2.61. The number of imidazole rings is 1. The van der Waals surface area contributed by atoms with Crippen LogP contribution >= 0.6 is 11.8 Å². The van der Waals surface area contributed by atoms with Crippen molar-refractivity contribution < 1.29 is 18.7 Å². The number of carbonyl (C=O) groups is 1. The molecule has 1 atom stereocenters. The summed E-state index contributed by atoms with van der Waals surface area (Å²) in [7, 11) is 0. The number of aliphatic hydroxyl groups is 1. The fraction of sp³-hybridized carbons (Fsp3) is 0.385. The molecule has 0 spiro atoms. The van der Waals surface area contributed by atoms with Gasteiger partial charge in [0, 0.05) is 6.04 Å². The van der Waals surface area contributed by atoms with Crippen LogP contribution in [0.4, 0.5) is 8.78 Å². The van der Waals surface area contributed by atoms with E-state index in [1.54, 1.807) is 31.2 Å². The van der Waals surface area contributed by atoms with Crippen molar-refractivity contribution in [2.24, 2.45) is 0 Å². The van der Waals surface area contributed by atoms with Gasteiger partial charge >= 0.3 is 0 Å². The first-order valence-corrected chi connectivity index (χ1v) is 7.19. The third-order valence-corrected chi connectivity index (χ3v) is 3.50. The number of nitrogens with zero attached hydrogens (tertiary/aromatic N) is 2. The van der Waals surface area contributed by atoms with E-state index in [0.717, 1.165) is 0 Å². The monoisotopic (exact) mass is 315 g/mol. The number of aromatic nitrogens is 2. The molecule has 2 aromatic rings. The SMILES string of the molecule is CC(CO)NC(=O)Cn1c(SC(F)F)nc2ccccc21. The third-order valence-electron chi connectivity index (χ3n) is 2.80. The molecule has 8 heteroatoms. The Bertz CT molecular complexity index is 633. The zero-order valence-corrected chi connectivity index (χ0v) is 12.1. The second-order valence-corrected chi connectivity index (χ2v) is 5.46. The Morgan fingerprint density at radius 2 is 2.19 bits per heavy atom. The van der Waals surface area contributed by atoms with Gasteiger partial charge in [0.25, 0.3) is 5.76 Å². The molecule has 1 heterocycles. The zero-order chi connectivity index (χ0) is 15.4. The largest absolute Gasteiger partial charge is 0.394 e. The van der Waals surface area contributed by atoms with Gasteiger partial charge in [-0.1, -0.05) is 12.1 Å². The van der Waals surface area contributed by atoms with Crippen LogP contribution in [0.3, 0.4) is 0 Å². The molecule has 0 aliphatic carbocycles. The lowest BCUT2D eigenvalue weighted by Crippen LogP contribution is -2.37. The lowest BCUT2D eigenvalue weighted by atomic mass is 10.3. The third kappa shape index (κ3) is 3.92. The van der Waals surface area contributed by atoms with Crippen molar-refractivity contribution in [1.82, 2.24) is 14.9 Å². The van der Waals surface area contributed by atoms with Crippen LogP contribution < -0.4 is 5.32 Å². The highest BCUT2D eigenvalue weighted by molar-refractivity contribution is 7.99. The number of thioether (sulfide) groups is 1. The molecule has 1 unspecified atom stereocenters. The fourth-order valence-electron chi connectivity index (χ4n) is 1.89. The molecule has 2 rings (SSSR count). The van der Waals surface area contributed by atoms with E-state index >= 15 is 0 Å². The summed E-state index contributed by atoms with van der Waals surface area (Å²) in [4.78, 5) is 16.0. The topological polar surface area (TPSA) is 67.2 Å². The molecule has 0 bridgehead atoms. The molecular formula is C13H15F2N3O2S. The molecule has 0 saturated heterocycles. The zero-order valence-electron chi connectivity index (χ0n) is 11.3. The van der Waals surface area contributed by atoms with Gasteiger partial charge in [-0.15, -0.1) is 0 Å². The first-order valence-electron chi connectivity index (χ1n) is 6.31. The Kier molecular flexibility index (Phi) is 5.13. The van der Waals surface area contributed by atoms with Gasteiger partial charge in [-0.05, 0) is 30.8 Å². The standard InChI is InChI=1S/C13H15F2N3O2S/c1-8(7-19)16-11(20)6-18-10-5-3-2-4-9(10)17-13(18)21-12(14)15/h2-5,8,12,19H,6-7H2,1H3,(H,16,20). The molecule has 0 aliphatic rings. The second kappa shape index (κ2) is 6.86. The van der Waals surface area contributed by atoms with Crippen molar-refractivity contribution in [2.45, 2.75) is 30.4 Å². The van der Waals surface area contributed by atoms with Crippen molar-refractivity contribution >= 4 is 28.7 Å². The molecule has 1 aromatic heterocycles. The number of benzene rings is 1. The number of amides is 1. The summed E-state index contributed by atoms with van der Waals surface area (Å²) >= 11 is 0.307. The lowest BCUT2D eigenvalue weighted by Gasteiger charge is -2.12. The Morgan fingerprint density at radius 3 is 2.86 bits per heavy atom. The van der Waals surface area contributed by atoms with Crippen LogP contribution in [0.15, 0.2) is 29.4 Å². The van der Waals surface area contributed by atoms with Gasteiger partial charge in [0.1, 0.15) is 6.54 Å². The van der Waals surface area contributed by atoms with Gasteiger partial charge in [0.15, 0.2) is 5.16 Å². The molecule has 1 aromatic carbocycles. The molecule has 2 N–H and O–H groups in total. The molecule has 0 radical (unpaired) electrons. The Labute approximate surface area is 124 Å². The molecule has 0 fully saturated rings.